The highest BCUT2D eigenvalue weighted by molar-refractivity contribution is 8.22. The van der Waals surface area contributed by atoms with Crippen LogP contribution in [0.1, 0.15) is 6.92 Å². The van der Waals surface area contributed by atoms with E-state index >= 15 is 0 Å². The molecule has 92 valence electrons. The highest BCUT2D eigenvalue weighted by Crippen LogP contribution is 2.52. The molecule has 1 fully saturated rings. The Morgan fingerprint density at radius 1 is 1.65 bits per heavy atom. The normalized spacial score (nSPS) is 25.3. The van der Waals surface area contributed by atoms with Crippen LogP contribution in [0.15, 0.2) is 21.6 Å². The predicted molar refractivity (Wildman–Crippen MR) is 66.2 cm³/mol. The van der Waals surface area contributed by atoms with E-state index < -0.39 is 5.97 Å². The molecule has 1 atom stereocenters. The number of β-lactam (4-membered cyclic amide) rings is 1. The van der Waals surface area contributed by atoms with Crippen LogP contribution < -0.4 is 0 Å². The second-order valence-electron chi connectivity index (χ2n) is 3.40. The molecule has 2 aliphatic heterocycles. The second-order valence-corrected chi connectivity index (χ2v) is 5.86. The molecule has 2 heterocycles. The van der Waals surface area contributed by atoms with E-state index in [1.807, 2.05) is 0 Å². The zero-order valence-corrected chi connectivity index (χ0v) is 10.7. The Labute approximate surface area is 107 Å². The Morgan fingerprint density at radius 3 is 2.88 bits per heavy atom. The summed E-state index contributed by atoms with van der Waals surface area (Å²) in [5.41, 5.74) is 0.697. The quantitative estimate of drug-likeness (QED) is 0.583. The molecule has 7 heteroatoms. The molecule has 5 nitrogen and oxygen atoms in total. The van der Waals surface area contributed by atoms with E-state index in [0.717, 1.165) is 0 Å². The van der Waals surface area contributed by atoms with Gasteiger partial charge in [0, 0.05) is 11.3 Å². The van der Waals surface area contributed by atoms with Crippen LogP contribution in [0.4, 0.5) is 0 Å². The van der Waals surface area contributed by atoms with E-state index in [4.69, 9.17) is 10.2 Å². The number of carbonyl (C=O) groups is 2. The van der Waals surface area contributed by atoms with Crippen LogP contribution in [0.3, 0.4) is 0 Å². The Morgan fingerprint density at radius 2 is 2.35 bits per heavy atom. The molecule has 0 saturated carbocycles. The number of allylic oxidation sites excluding steroid dienone is 1. The van der Waals surface area contributed by atoms with Crippen molar-refractivity contribution in [1.82, 2.24) is 4.90 Å². The van der Waals surface area contributed by atoms with Gasteiger partial charge in [0.15, 0.2) is 5.70 Å². The smallest absolute Gasteiger partial charge is 0.354 e. The fourth-order valence-electron chi connectivity index (χ4n) is 1.71. The van der Waals surface area contributed by atoms with Crippen LogP contribution in [0.25, 0.3) is 0 Å². The van der Waals surface area contributed by atoms with Gasteiger partial charge in [-0.05, 0) is 6.92 Å². The summed E-state index contributed by atoms with van der Waals surface area (Å²) in [6.07, 6.45) is 1.72. The van der Waals surface area contributed by atoms with Crippen LogP contribution in [0, 0.1) is 0 Å². The van der Waals surface area contributed by atoms with Gasteiger partial charge in [-0.15, -0.1) is 11.8 Å². The van der Waals surface area contributed by atoms with Gasteiger partial charge in [-0.3, -0.25) is 9.69 Å². The number of nitrogens with zero attached hydrogens (tertiary/aromatic N) is 1. The number of rotatable bonds is 4. The number of carbonyl (C=O) groups excluding carboxylic acids is 1. The van der Waals surface area contributed by atoms with Crippen LogP contribution in [0.2, 0.25) is 0 Å². The molecule has 2 aliphatic rings. The minimum Gasteiger partial charge on any atom is -0.477 e. The lowest BCUT2D eigenvalue weighted by Crippen LogP contribution is -2.51. The van der Waals surface area contributed by atoms with Gasteiger partial charge in [0.1, 0.15) is 5.37 Å². The van der Waals surface area contributed by atoms with E-state index in [1.165, 1.54) is 28.4 Å². The minimum atomic E-state index is -1.09. The predicted octanol–water partition coefficient (Wildman–Crippen LogP) is 0.827. The fourth-order valence-corrected chi connectivity index (χ4v) is 4.28. The molecule has 1 saturated heterocycles. The maximum absolute atomic E-state index is 11.7. The second kappa shape index (κ2) is 4.75. The summed E-state index contributed by atoms with van der Waals surface area (Å²) < 4.78 is 0.599. The van der Waals surface area contributed by atoms with E-state index in [0.29, 0.717) is 15.6 Å². The average Bonchev–Trinajstić information content (AvgIpc) is 2.62. The van der Waals surface area contributed by atoms with Gasteiger partial charge in [-0.2, -0.15) is 0 Å². The van der Waals surface area contributed by atoms with Gasteiger partial charge in [-0.25, -0.2) is 4.79 Å². The monoisotopic (exact) mass is 273 g/mol. The van der Waals surface area contributed by atoms with Gasteiger partial charge in [0.05, 0.1) is 10.8 Å². The summed E-state index contributed by atoms with van der Waals surface area (Å²) >= 11 is 2.63. The van der Waals surface area contributed by atoms with Crippen molar-refractivity contribution >= 4 is 35.4 Å². The maximum atomic E-state index is 11.7. The van der Waals surface area contributed by atoms with Crippen LogP contribution in [-0.4, -0.2) is 44.7 Å². The first kappa shape index (κ1) is 12.5. The van der Waals surface area contributed by atoms with Gasteiger partial charge in [-0.1, -0.05) is 17.8 Å². The third-order valence-electron chi connectivity index (χ3n) is 2.46. The zero-order valence-electron chi connectivity index (χ0n) is 9.04. The van der Waals surface area contributed by atoms with E-state index in [1.54, 1.807) is 13.0 Å². The number of fused-ring (bicyclic) bond motifs is 1. The van der Waals surface area contributed by atoms with Crippen molar-refractivity contribution < 1.29 is 19.8 Å². The number of aliphatic carboxylic acids is 1. The molecule has 0 radical (unpaired) electrons. The summed E-state index contributed by atoms with van der Waals surface area (Å²) in [7, 11) is 0. The molecule has 0 bridgehead atoms. The van der Waals surface area contributed by atoms with Crippen molar-refractivity contribution in [2.24, 2.45) is 0 Å². The SMILES string of the molecule is C/C=C1\C(=O)N2C(C(=O)O)=C(SCCO)S[C@H]12. The Balaban J connectivity index is 2.26. The molecule has 0 aromatic rings. The van der Waals surface area contributed by atoms with Gasteiger partial charge in [0.2, 0.25) is 0 Å². The molecule has 2 rings (SSSR count). The lowest BCUT2D eigenvalue weighted by molar-refractivity contribution is -0.141. The summed E-state index contributed by atoms with van der Waals surface area (Å²) in [6.45, 7) is 1.75. The lowest BCUT2D eigenvalue weighted by Gasteiger charge is -2.36. The molecule has 1 amide bonds. The number of hydrogen-bond donors (Lipinski definition) is 2. The number of hydrogen-bond acceptors (Lipinski definition) is 5. The summed E-state index contributed by atoms with van der Waals surface area (Å²) in [6, 6.07) is 0. The van der Waals surface area contributed by atoms with Crippen molar-refractivity contribution in [1.29, 1.82) is 0 Å². The standard InChI is InChI=1S/C10H11NO4S2/c1-2-5-7(13)11-6(9(14)15)10(16-4-3-12)17-8(5)11/h2,8,12H,3-4H2,1H3,(H,14,15)/b5-2+/t8-/m1/s1. The van der Waals surface area contributed by atoms with E-state index in [9.17, 15) is 9.59 Å². The molecule has 0 aromatic heterocycles. The number of carboxylic acid groups (broad SMARTS) is 1. The molecular formula is C10H11NO4S2. The van der Waals surface area contributed by atoms with E-state index in [2.05, 4.69) is 0 Å². The summed E-state index contributed by atoms with van der Waals surface area (Å²) in [4.78, 5) is 24.1. The maximum Gasteiger partial charge on any atom is 0.354 e. The Kier molecular flexibility index (Phi) is 3.50. The summed E-state index contributed by atoms with van der Waals surface area (Å²) in [5, 5.41) is 17.7. The van der Waals surface area contributed by atoms with Crippen molar-refractivity contribution in [2.45, 2.75) is 12.3 Å². The van der Waals surface area contributed by atoms with Crippen LogP contribution >= 0.6 is 23.5 Å². The molecule has 0 aromatic carbocycles. The van der Waals surface area contributed by atoms with Crippen LogP contribution in [-0.2, 0) is 9.59 Å². The lowest BCUT2D eigenvalue weighted by atomic mass is 10.1. The first-order valence-electron chi connectivity index (χ1n) is 4.99. The van der Waals surface area contributed by atoms with Gasteiger partial charge >= 0.3 is 5.97 Å². The number of carboxylic acids is 1. The molecule has 0 unspecified atom stereocenters. The third-order valence-corrected chi connectivity index (χ3v) is 5.04. The number of thioether (sulfide) groups is 2. The molecular weight excluding hydrogens is 262 g/mol. The third kappa shape index (κ3) is 1.88. The number of amides is 1. The summed E-state index contributed by atoms with van der Waals surface area (Å²) in [5.74, 6) is -0.898. The van der Waals surface area contributed by atoms with Crippen molar-refractivity contribution in [3.05, 3.63) is 21.6 Å². The number of aliphatic hydroxyl groups is 1. The molecule has 2 N–H and O–H groups in total. The Bertz CT molecular complexity index is 444. The minimum absolute atomic E-state index is 0.0171. The topological polar surface area (TPSA) is 77.8 Å². The highest BCUT2D eigenvalue weighted by Gasteiger charge is 2.52. The van der Waals surface area contributed by atoms with Gasteiger partial charge in [0.25, 0.3) is 5.91 Å². The fraction of sp³-hybridized carbons (Fsp3) is 0.400. The molecule has 0 spiro atoms. The van der Waals surface area contributed by atoms with Crippen molar-refractivity contribution in [2.75, 3.05) is 12.4 Å². The van der Waals surface area contributed by atoms with Crippen molar-refractivity contribution in [3.8, 4) is 0 Å². The largest absolute Gasteiger partial charge is 0.477 e. The Hall–Kier alpha value is -0.920. The molecule has 0 aliphatic carbocycles. The van der Waals surface area contributed by atoms with Gasteiger partial charge < -0.3 is 10.2 Å². The first-order valence-corrected chi connectivity index (χ1v) is 6.86. The van der Waals surface area contributed by atoms with Crippen LogP contribution in [0.5, 0.6) is 0 Å². The zero-order chi connectivity index (χ0) is 12.6. The molecule has 17 heavy (non-hydrogen) atoms. The van der Waals surface area contributed by atoms with E-state index in [-0.39, 0.29) is 23.6 Å². The van der Waals surface area contributed by atoms with Crippen molar-refractivity contribution in [3.63, 3.8) is 0 Å². The average molecular weight is 273 g/mol. The number of aliphatic hydroxyl groups excluding tert-OH is 1. The highest BCUT2D eigenvalue weighted by atomic mass is 32.2. The first-order chi connectivity index (χ1) is 8.11.